The summed E-state index contributed by atoms with van der Waals surface area (Å²) in [4.78, 5) is 4.29. The zero-order valence-electron chi connectivity index (χ0n) is 18.5. The van der Waals surface area contributed by atoms with E-state index in [9.17, 15) is 0 Å². The first kappa shape index (κ1) is 9.00. The fraction of sp³-hybridized carbons (Fsp3) is 0.0952. The van der Waals surface area contributed by atoms with Crippen LogP contribution in [0.3, 0.4) is 0 Å². The number of para-hydroxylation sites is 1. The molecule has 0 unspecified atom stereocenters. The lowest BCUT2D eigenvalue weighted by molar-refractivity contribution is 0.670. The van der Waals surface area contributed by atoms with Gasteiger partial charge in [-0.25, -0.2) is 0 Å². The number of furan rings is 1. The second kappa shape index (κ2) is 4.92. The van der Waals surface area contributed by atoms with Crippen LogP contribution in [0.25, 0.3) is 43.3 Å². The summed E-state index contributed by atoms with van der Waals surface area (Å²) in [6, 6.07) is 13.1. The van der Waals surface area contributed by atoms with Gasteiger partial charge in [-0.05, 0) is 65.9 Å². The molecule has 0 atom stereocenters. The van der Waals surface area contributed by atoms with Crippen LogP contribution in [0, 0.1) is 13.7 Å². The summed E-state index contributed by atoms with van der Waals surface area (Å²) in [5.41, 5.74) is 1.83. The highest BCUT2D eigenvalue weighted by molar-refractivity contribution is 7.17. The van der Waals surface area contributed by atoms with Crippen molar-refractivity contribution in [1.82, 2.24) is 4.98 Å². The van der Waals surface area contributed by atoms with Crippen molar-refractivity contribution in [1.29, 1.82) is 0 Å². The van der Waals surface area contributed by atoms with Crippen molar-refractivity contribution in [2.75, 3.05) is 0 Å². The summed E-state index contributed by atoms with van der Waals surface area (Å²) in [5, 5.41) is 5.02. The Morgan fingerprint density at radius 1 is 1.04 bits per heavy atom. The van der Waals surface area contributed by atoms with Crippen LogP contribution in [0.5, 0.6) is 0 Å². The number of aryl methyl sites for hydroxylation is 2. The molecule has 0 aliphatic carbocycles. The molecule has 116 valence electrons. The lowest BCUT2D eigenvalue weighted by Crippen LogP contribution is -1.88. The molecule has 5 aromatic rings. The van der Waals surface area contributed by atoms with Gasteiger partial charge in [0.05, 0.1) is 5.69 Å². The first-order chi connectivity index (χ1) is 14.1. The van der Waals surface area contributed by atoms with Gasteiger partial charge < -0.3 is 4.42 Å². The number of hydrogen-bond donors (Lipinski definition) is 0. The Hall–Kier alpha value is -2.65. The number of fused-ring (bicyclic) bond motifs is 4. The standard InChI is InChI=1S/C21H15NOS/c1-12-8-18(22-11-13(12)2)16-5-3-4-15-17-9-14-6-7-24-20(14)10-19(17)23-21(15)16/h3-11H,1-2H3/i1D3,2D3. The highest BCUT2D eigenvalue weighted by atomic mass is 32.1. The smallest absolute Gasteiger partial charge is 0.144 e. The highest BCUT2D eigenvalue weighted by Gasteiger charge is 2.14. The van der Waals surface area contributed by atoms with Crippen molar-refractivity contribution < 1.29 is 12.6 Å². The van der Waals surface area contributed by atoms with E-state index in [1.807, 2.05) is 23.6 Å². The average molecular weight is 335 g/mol. The summed E-state index contributed by atoms with van der Waals surface area (Å²) in [5.74, 6) is 0. The maximum Gasteiger partial charge on any atom is 0.144 e. The van der Waals surface area contributed by atoms with Gasteiger partial charge in [-0.3, -0.25) is 4.98 Å². The van der Waals surface area contributed by atoms with Crippen LogP contribution in [-0.2, 0) is 0 Å². The van der Waals surface area contributed by atoms with Crippen LogP contribution < -0.4 is 0 Å². The molecule has 0 radical (unpaired) electrons. The first-order valence-corrected chi connectivity index (χ1v) is 8.35. The predicted molar refractivity (Wildman–Crippen MR) is 102 cm³/mol. The maximum atomic E-state index is 7.80. The summed E-state index contributed by atoms with van der Waals surface area (Å²) in [7, 11) is 0. The molecule has 2 aromatic carbocycles. The molecule has 3 heterocycles. The van der Waals surface area contributed by atoms with Crippen LogP contribution in [0.4, 0.5) is 0 Å². The third-order valence-electron chi connectivity index (χ3n) is 4.25. The number of aromatic nitrogens is 1. The summed E-state index contributed by atoms with van der Waals surface area (Å²) in [6.07, 6.45) is 1.14. The second-order valence-corrected chi connectivity index (χ2v) is 6.65. The molecule has 3 aromatic heterocycles. The predicted octanol–water partition coefficient (Wildman–Crippen LogP) is 6.48. The molecule has 5 rings (SSSR count). The van der Waals surface area contributed by atoms with Crippen molar-refractivity contribution in [2.45, 2.75) is 13.7 Å². The Balaban J connectivity index is 1.78. The first-order valence-electron chi connectivity index (χ1n) is 10.5. The lowest BCUT2D eigenvalue weighted by Gasteiger charge is -2.05. The topological polar surface area (TPSA) is 26.0 Å². The largest absolute Gasteiger partial charge is 0.455 e. The van der Waals surface area contributed by atoms with Gasteiger partial charge in [0.1, 0.15) is 11.2 Å². The van der Waals surface area contributed by atoms with E-state index < -0.39 is 13.7 Å². The number of thiophene rings is 1. The number of rotatable bonds is 1. The minimum atomic E-state index is -2.58. The van der Waals surface area contributed by atoms with E-state index in [0.29, 0.717) is 16.8 Å². The van der Waals surface area contributed by atoms with Gasteiger partial charge in [-0.1, -0.05) is 12.1 Å². The molecular weight excluding hydrogens is 314 g/mol. The van der Waals surface area contributed by atoms with Crippen LogP contribution in [0.15, 0.2) is 58.5 Å². The van der Waals surface area contributed by atoms with Crippen LogP contribution in [0.1, 0.15) is 19.4 Å². The number of benzene rings is 2. The van der Waals surface area contributed by atoms with Gasteiger partial charge in [-0.15, -0.1) is 11.3 Å². The SMILES string of the molecule is [2H]C([2H])([2H])c1cnc(-c2cccc3c2oc2cc4sccc4cc23)cc1C([2H])([2H])[2H]. The van der Waals surface area contributed by atoms with Crippen LogP contribution in [0.2, 0.25) is 0 Å². The van der Waals surface area contributed by atoms with Crippen molar-refractivity contribution in [3.05, 3.63) is 65.2 Å². The summed E-state index contributed by atoms with van der Waals surface area (Å²) >= 11 is 1.63. The molecule has 0 saturated heterocycles. The van der Waals surface area contributed by atoms with Gasteiger partial charge in [0, 0.05) is 35.5 Å². The van der Waals surface area contributed by atoms with Gasteiger partial charge in [0.15, 0.2) is 0 Å². The molecular formula is C21H15NOS. The second-order valence-electron chi connectivity index (χ2n) is 5.71. The van der Waals surface area contributed by atoms with Gasteiger partial charge in [0.25, 0.3) is 0 Å². The molecule has 0 spiro atoms. The Morgan fingerprint density at radius 2 is 2.00 bits per heavy atom. The summed E-state index contributed by atoms with van der Waals surface area (Å²) in [6.45, 7) is -5.14. The minimum absolute atomic E-state index is 0.221. The molecule has 0 amide bonds. The Bertz CT molecular complexity index is 1430. The molecule has 0 saturated carbocycles. The molecule has 24 heavy (non-hydrogen) atoms. The van der Waals surface area contributed by atoms with Gasteiger partial charge in [0.2, 0.25) is 0 Å². The normalized spacial score (nSPS) is 16.5. The number of hydrogen-bond acceptors (Lipinski definition) is 3. The van der Waals surface area contributed by atoms with Crippen molar-refractivity contribution in [3.8, 4) is 11.3 Å². The third kappa shape index (κ3) is 1.91. The molecule has 0 fully saturated rings. The molecule has 3 heteroatoms. The van der Waals surface area contributed by atoms with Crippen LogP contribution in [-0.4, -0.2) is 4.98 Å². The zero-order chi connectivity index (χ0) is 21.3. The maximum absolute atomic E-state index is 7.80. The number of pyridine rings is 1. The van der Waals surface area contributed by atoms with Crippen molar-refractivity contribution in [3.63, 3.8) is 0 Å². The van der Waals surface area contributed by atoms with Crippen molar-refractivity contribution in [2.24, 2.45) is 0 Å². The fourth-order valence-corrected chi connectivity index (χ4v) is 3.86. The quantitative estimate of drug-likeness (QED) is 0.350. The average Bonchev–Trinajstić information content (AvgIpc) is 3.27. The number of nitrogens with zero attached hydrogens (tertiary/aromatic N) is 1. The molecule has 0 N–H and O–H groups in total. The Kier molecular flexibility index (Phi) is 1.84. The highest BCUT2D eigenvalue weighted by Crippen LogP contribution is 2.38. The molecule has 0 bridgehead atoms. The monoisotopic (exact) mass is 335 g/mol. The van der Waals surface area contributed by atoms with E-state index in [0.717, 1.165) is 32.6 Å². The lowest BCUT2D eigenvalue weighted by atomic mass is 10.0. The molecule has 0 aliphatic rings. The van der Waals surface area contributed by atoms with E-state index in [-0.39, 0.29) is 11.1 Å². The zero-order valence-corrected chi connectivity index (χ0v) is 13.3. The van der Waals surface area contributed by atoms with Crippen LogP contribution >= 0.6 is 11.3 Å². The van der Waals surface area contributed by atoms with E-state index in [1.54, 1.807) is 17.4 Å². The van der Waals surface area contributed by atoms with Crippen molar-refractivity contribution >= 4 is 43.4 Å². The van der Waals surface area contributed by atoms with E-state index >= 15 is 0 Å². The van der Waals surface area contributed by atoms with Gasteiger partial charge >= 0.3 is 0 Å². The van der Waals surface area contributed by atoms with E-state index in [2.05, 4.69) is 17.1 Å². The fourth-order valence-electron chi connectivity index (χ4n) is 3.06. The molecule has 0 aliphatic heterocycles. The molecule has 2 nitrogen and oxygen atoms in total. The summed E-state index contributed by atoms with van der Waals surface area (Å²) < 4.78 is 53.6. The van der Waals surface area contributed by atoms with E-state index in [4.69, 9.17) is 12.6 Å². The van der Waals surface area contributed by atoms with E-state index in [1.165, 1.54) is 6.07 Å². The van der Waals surface area contributed by atoms with Gasteiger partial charge in [-0.2, -0.15) is 0 Å². The minimum Gasteiger partial charge on any atom is -0.455 e. The Labute approximate surface area is 151 Å². The Morgan fingerprint density at radius 3 is 2.92 bits per heavy atom. The third-order valence-corrected chi connectivity index (χ3v) is 5.13.